The van der Waals surface area contributed by atoms with E-state index in [9.17, 15) is 14.9 Å². The summed E-state index contributed by atoms with van der Waals surface area (Å²) in [6.07, 6.45) is 2.66. The third-order valence-electron chi connectivity index (χ3n) is 3.06. The number of carbonyl (C=O) groups is 1. The smallest absolute Gasteiger partial charge is 0.276 e. The summed E-state index contributed by atoms with van der Waals surface area (Å²) in [7, 11) is 0. The lowest BCUT2D eigenvalue weighted by Crippen LogP contribution is -2.37. The largest absolute Gasteiger partial charge is 0.396 e. The fourth-order valence-corrected chi connectivity index (χ4v) is 1.53. The van der Waals surface area contributed by atoms with Crippen molar-refractivity contribution >= 4 is 17.7 Å². The molecule has 0 aromatic heterocycles. The number of rotatable bonds is 6. The second-order valence-corrected chi connectivity index (χ2v) is 4.61. The topological polar surface area (TPSA) is 92.5 Å². The fourth-order valence-electron chi connectivity index (χ4n) is 1.53. The van der Waals surface area contributed by atoms with Gasteiger partial charge in [-0.2, -0.15) is 0 Å². The first-order valence-electron chi connectivity index (χ1n) is 6.28. The second kappa shape index (κ2) is 7.40. The van der Waals surface area contributed by atoms with Crippen LogP contribution in [0.15, 0.2) is 30.3 Å². The molecule has 2 N–H and O–H groups in total. The molecule has 0 aliphatic heterocycles. The van der Waals surface area contributed by atoms with E-state index in [1.165, 1.54) is 18.2 Å². The molecule has 1 aromatic rings. The molecule has 0 bridgehead atoms. The Kier molecular flexibility index (Phi) is 5.86. The van der Waals surface area contributed by atoms with Crippen molar-refractivity contribution in [2.24, 2.45) is 5.92 Å². The monoisotopic (exact) mass is 278 g/mol. The van der Waals surface area contributed by atoms with E-state index in [0.717, 1.165) is 0 Å². The SMILES string of the molecule is CC(CO)C(C)NC(=O)/C=C/c1ccccc1[N+](=O)[O-]. The number of hydrogen-bond acceptors (Lipinski definition) is 4. The number of nitrogens with one attached hydrogen (secondary N) is 1. The van der Waals surface area contributed by atoms with Gasteiger partial charge in [-0.25, -0.2) is 0 Å². The molecule has 6 heteroatoms. The normalized spacial score (nSPS) is 13.9. The first-order chi connectivity index (χ1) is 9.45. The number of para-hydroxylation sites is 1. The second-order valence-electron chi connectivity index (χ2n) is 4.61. The van der Waals surface area contributed by atoms with E-state index in [2.05, 4.69) is 5.32 Å². The van der Waals surface area contributed by atoms with E-state index in [1.54, 1.807) is 25.1 Å². The lowest BCUT2D eigenvalue weighted by atomic mass is 10.1. The van der Waals surface area contributed by atoms with Gasteiger partial charge in [0.05, 0.1) is 10.5 Å². The van der Waals surface area contributed by atoms with Crippen molar-refractivity contribution in [3.8, 4) is 0 Å². The van der Waals surface area contributed by atoms with Crippen LogP contribution in [0.25, 0.3) is 6.08 Å². The van der Waals surface area contributed by atoms with E-state index in [0.29, 0.717) is 5.56 Å². The number of aliphatic hydroxyl groups excluding tert-OH is 1. The zero-order chi connectivity index (χ0) is 15.1. The molecule has 20 heavy (non-hydrogen) atoms. The molecule has 0 aliphatic carbocycles. The van der Waals surface area contributed by atoms with Crippen LogP contribution in [0.5, 0.6) is 0 Å². The molecular formula is C14H18N2O4. The van der Waals surface area contributed by atoms with Crippen LogP contribution in [0.2, 0.25) is 0 Å². The van der Waals surface area contributed by atoms with Crippen molar-refractivity contribution in [1.29, 1.82) is 0 Å². The number of hydrogen-bond donors (Lipinski definition) is 2. The zero-order valence-corrected chi connectivity index (χ0v) is 11.4. The Morgan fingerprint density at radius 1 is 1.45 bits per heavy atom. The molecule has 1 aromatic carbocycles. The van der Waals surface area contributed by atoms with Gasteiger partial charge in [-0.1, -0.05) is 19.1 Å². The van der Waals surface area contributed by atoms with Crippen LogP contribution in [-0.4, -0.2) is 28.6 Å². The molecule has 0 saturated carbocycles. The average Bonchev–Trinajstić information content (AvgIpc) is 2.44. The summed E-state index contributed by atoms with van der Waals surface area (Å²) >= 11 is 0. The summed E-state index contributed by atoms with van der Waals surface area (Å²) in [4.78, 5) is 22.0. The summed E-state index contributed by atoms with van der Waals surface area (Å²) in [5.41, 5.74) is 0.323. The summed E-state index contributed by atoms with van der Waals surface area (Å²) < 4.78 is 0. The van der Waals surface area contributed by atoms with Gasteiger partial charge in [0, 0.05) is 24.8 Å². The van der Waals surface area contributed by atoms with Gasteiger partial charge in [-0.05, 0) is 25.0 Å². The molecule has 1 rings (SSSR count). The number of carbonyl (C=O) groups excluding carboxylic acids is 1. The minimum atomic E-state index is -0.492. The molecule has 0 fully saturated rings. The van der Waals surface area contributed by atoms with E-state index >= 15 is 0 Å². The first kappa shape index (κ1) is 15.8. The van der Waals surface area contributed by atoms with Crippen molar-refractivity contribution in [3.63, 3.8) is 0 Å². The Morgan fingerprint density at radius 2 is 2.10 bits per heavy atom. The first-order valence-corrected chi connectivity index (χ1v) is 6.28. The summed E-state index contributed by atoms with van der Waals surface area (Å²) in [6.45, 7) is 3.59. The standard InChI is InChI=1S/C14H18N2O4/c1-10(9-17)11(2)15-14(18)8-7-12-5-3-4-6-13(12)16(19)20/h3-8,10-11,17H,9H2,1-2H3,(H,15,18)/b8-7+. The molecule has 1 amide bonds. The number of aliphatic hydroxyl groups is 1. The van der Waals surface area contributed by atoms with Crippen LogP contribution in [0.3, 0.4) is 0 Å². The van der Waals surface area contributed by atoms with Crippen molar-refractivity contribution in [2.45, 2.75) is 19.9 Å². The van der Waals surface area contributed by atoms with Crippen LogP contribution in [0.1, 0.15) is 19.4 Å². The van der Waals surface area contributed by atoms with Gasteiger partial charge in [-0.15, -0.1) is 0 Å². The Bertz CT molecular complexity index is 514. The lowest BCUT2D eigenvalue weighted by molar-refractivity contribution is -0.385. The number of amides is 1. The van der Waals surface area contributed by atoms with Crippen molar-refractivity contribution in [2.75, 3.05) is 6.61 Å². The van der Waals surface area contributed by atoms with Gasteiger partial charge in [0.25, 0.3) is 5.69 Å². The Labute approximate surface area is 117 Å². The Morgan fingerprint density at radius 3 is 2.70 bits per heavy atom. The number of nitro groups is 1. The molecule has 0 spiro atoms. The van der Waals surface area contributed by atoms with Crippen LogP contribution < -0.4 is 5.32 Å². The van der Waals surface area contributed by atoms with Crippen LogP contribution in [0.4, 0.5) is 5.69 Å². The van der Waals surface area contributed by atoms with E-state index in [4.69, 9.17) is 5.11 Å². The van der Waals surface area contributed by atoms with Gasteiger partial charge >= 0.3 is 0 Å². The number of benzene rings is 1. The van der Waals surface area contributed by atoms with Crippen molar-refractivity contribution in [1.82, 2.24) is 5.32 Å². The highest BCUT2D eigenvalue weighted by Gasteiger charge is 2.13. The van der Waals surface area contributed by atoms with Crippen LogP contribution in [0, 0.1) is 16.0 Å². The van der Waals surface area contributed by atoms with E-state index in [1.807, 2.05) is 6.92 Å². The van der Waals surface area contributed by atoms with Crippen molar-refractivity contribution < 1.29 is 14.8 Å². The van der Waals surface area contributed by atoms with E-state index in [-0.39, 0.29) is 30.2 Å². The predicted molar refractivity (Wildman–Crippen MR) is 76.0 cm³/mol. The van der Waals surface area contributed by atoms with Crippen molar-refractivity contribution in [3.05, 3.63) is 46.0 Å². The maximum Gasteiger partial charge on any atom is 0.276 e. The highest BCUT2D eigenvalue weighted by molar-refractivity contribution is 5.92. The van der Waals surface area contributed by atoms with Gasteiger partial charge < -0.3 is 10.4 Å². The number of nitrogens with zero attached hydrogens (tertiary/aromatic N) is 1. The third-order valence-corrected chi connectivity index (χ3v) is 3.06. The highest BCUT2D eigenvalue weighted by Crippen LogP contribution is 2.18. The maximum absolute atomic E-state index is 11.7. The maximum atomic E-state index is 11.7. The predicted octanol–water partition coefficient (Wildman–Crippen LogP) is 1.74. The quantitative estimate of drug-likeness (QED) is 0.471. The molecule has 0 radical (unpaired) electrons. The molecule has 0 saturated heterocycles. The third kappa shape index (κ3) is 4.47. The van der Waals surface area contributed by atoms with Crippen LogP contribution in [-0.2, 0) is 4.79 Å². The molecule has 2 atom stereocenters. The van der Waals surface area contributed by atoms with Gasteiger partial charge in [-0.3, -0.25) is 14.9 Å². The minimum Gasteiger partial charge on any atom is -0.396 e. The molecular weight excluding hydrogens is 260 g/mol. The minimum absolute atomic E-state index is 0.0185. The molecule has 2 unspecified atom stereocenters. The zero-order valence-electron chi connectivity index (χ0n) is 11.4. The molecule has 0 heterocycles. The van der Waals surface area contributed by atoms with Gasteiger partial charge in [0.2, 0.25) is 5.91 Å². The fraction of sp³-hybridized carbons (Fsp3) is 0.357. The molecule has 108 valence electrons. The van der Waals surface area contributed by atoms with Gasteiger partial charge in [0.1, 0.15) is 0 Å². The highest BCUT2D eigenvalue weighted by atomic mass is 16.6. The summed E-state index contributed by atoms with van der Waals surface area (Å²) in [5, 5.41) is 22.5. The Hall–Kier alpha value is -2.21. The molecule has 0 aliphatic rings. The number of nitro benzene ring substituents is 1. The summed E-state index contributed by atoms with van der Waals surface area (Å²) in [5.74, 6) is -0.408. The summed E-state index contributed by atoms with van der Waals surface area (Å²) in [6, 6.07) is 6.01. The van der Waals surface area contributed by atoms with Crippen LogP contribution >= 0.6 is 0 Å². The van der Waals surface area contributed by atoms with Gasteiger partial charge in [0.15, 0.2) is 0 Å². The lowest BCUT2D eigenvalue weighted by Gasteiger charge is -2.18. The van der Waals surface area contributed by atoms with E-state index < -0.39 is 4.92 Å². The Balaban J connectivity index is 2.73. The molecule has 6 nitrogen and oxygen atoms in total. The average molecular weight is 278 g/mol.